The van der Waals surface area contributed by atoms with Gasteiger partial charge in [-0.3, -0.25) is 4.98 Å². The Kier molecular flexibility index (Phi) is 6.44. The van der Waals surface area contributed by atoms with Crippen molar-refractivity contribution >= 4 is 65.2 Å². The lowest BCUT2D eigenvalue weighted by atomic mass is 9.99. The Morgan fingerprint density at radius 2 is 0.948 bits per heavy atom. The molecule has 0 aliphatic heterocycles. The molecule has 0 fully saturated rings. The second-order valence-corrected chi connectivity index (χ2v) is 15.5. The van der Waals surface area contributed by atoms with Gasteiger partial charge in [-0.1, -0.05) is 140 Å². The second kappa shape index (κ2) is 11.9. The molecule has 3 heterocycles. The summed E-state index contributed by atoms with van der Waals surface area (Å²) < 4.78 is 4.84. The van der Waals surface area contributed by atoms with Crippen LogP contribution in [0.1, 0.15) is 0 Å². The number of hydrogen-bond donors (Lipinski definition) is 0. The Morgan fingerprint density at radius 3 is 1.79 bits per heavy atom. The van der Waals surface area contributed by atoms with E-state index in [2.05, 4.69) is 209 Å². The zero-order valence-corrected chi connectivity index (χ0v) is 31.4. The van der Waals surface area contributed by atoms with Crippen molar-refractivity contribution in [2.45, 2.75) is 0 Å². The van der Waals surface area contributed by atoms with Crippen LogP contribution in [0.25, 0.3) is 121 Å². The predicted octanol–water partition coefficient (Wildman–Crippen LogP) is 14.6. The van der Waals surface area contributed by atoms with Crippen LogP contribution in [0, 0.1) is 0 Å². The van der Waals surface area contributed by atoms with Gasteiger partial charge in [0.25, 0.3) is 0 Å². The number of aromatic nitrogens is 3. The van der Waals surface area contributed by atoms with Crippen molar-refractivity contribution in [3.8, 4) is 56.0 Å². The molecule has 13 rings (SSSR count). The van der Waals surface area contributed by atoms with Gasteiger partial charge in [0, 0.05) is 66.4 Å². The number of para-hydroxylation sites is 2. The molecule has 1 aliphatic carbocycles. The van der Waals surface area contributed by atoms with Crippen LogP contribution < -0.4 is 0 Å². The molecule has 3 heteroatoms. The van der Waals surface area contributed by atoms with E-state index in [-0.39, 0.29) is 0 Å². The Labute approximate surface area is 334 Å². The lowest BCUT2D eigenvalue weighted by Crippen LogP contribution is -1.95. The molecule has 0 radical (unpaired) electrons. The zero-order chi connectivity index (χ0) is 37.9. The van der Waals surface area contributed by atoms with E-state index in [4.69, 9.17) is 4.98 Å². The van der Waals surface area contributed by atoms with Crippen LogP contribution in [-0.2, 0) is 0 Å². The SMILES string of the molecule is c1ccc(-n2c3ccc(-c4ccc5c(c4)c4ccccc4n5-c4cccc(-c5ncc6c7c(cccc57)-c5ccccc5-6)c4)cc3c3ccc4ccccc4c32)cc1. The summed E-state index contributed by atoms with van der Waals surface area (Å²) in [7, 11) is 0. The second-order valence-electron chi connectivity index (χ2n) is 15.5. The van der Waals surface area contributed by atoms with Gasteiger partial charge in [-0.2, -0.15) is 0 Å². The first-order chi connectivity index (χ1) is 28.8. The summed E-state index contributed by atoms with van der Waals surface area (Å²) >= 11 is 0. The van der Waals surface area contributed by atoms with Crippen LogP contribution in [-0.4, -0.2) is 14.1 Å². The van der Waals surface area contributed by atoms with E-state index < -0.39 is 0 Å². The normalized spacial score (nSPS) is 12.1. The van der Waals surface area contributed by atoms with Crippen molar-refractivity contribution in [3.63, 3.8) is 0 Å². The number of rotatable bonds is 4. The largest absolute Gasteiger partial charge is 0.309 e. The average molecular weight is 736 g/mol. The van der Waals surface area contributed by atoms with Crippen molar-refractivity contribution in [1.82, 2.24) is 14.1 Å². The van der Waals surface area contributed by atoms with Crippen LogP contribution in [0.3, 0.4) is 0 Å². The summed E-state index contributed by atoms with van der Waals surface area (Å²) in [6.07, 6.45) is 2.07. The molecule has 0 bridgehead atoms. The molecule has 0 unspecified atom stereocenters. The van der Waals surface area contributed by atoms with E-state index in [1.54, 1.807) is 0 Å². The maximum atomic E-state index is 5.14. The first kappa shape index (κ1) is 31.5. The van der Waals surface area contributed by atoms with Crippen molar-refractivity contribution in [2.24, 2.45) is 0 Å². The van der Waals surface area contributed by atoms with E-state index in [1.807, 2.05) is 0 Å². The van der Waals surface area contributed by atoms with Crippen molar-refractivity contribution < 1.29 is 0 Å². The first-order valence-electron chi connectivity index (χ1n) is 20.0. The van der Waals surface area contributed by atoms with Gasteiger partial charge in [0.1, 0.15) is 0 Å². The molecule has 0 N–H and O–H groups in total. The average Bonchev–Trinajstić information content (AvgIpc) is 3.93. The highest BCUT2D eigenvalue weighted by molar-refractivity contribution is 6.20. The van der Waals surface area contributed by atoms with E-state index in [1.165, 1.54) is 104 Å². The van der Waals surface area contributed by atoms with Crippen LogP contribution in [0.2, 0.25) is 0 Å². The number of pyridine rings is 1. The number of hydrogen-bond acceptors (Lipinski definition) is 1. The van der Waals surface area contributed by atoms with Gasteiger partial charge in [0.05, 0.1) is 27.8 Å². The summed E-state index contributed by atoms with van der Waals surface area (Å²) in [5.41, 5.74) is 16.7. The summed E-state index contributed by atoms with van der Waals surface area (Å²) in [6, 6.07) is 71.0. The Bertz CT molecular complexity index is 3650. The fraction of sp³-hybridized carbons (Fsp3) is 0. The minimum atomic E-state index is 1.01. The third-order valence-corrected chi connectivity index (χ3v) is 12.5. The van der Waals surface area contributed by atoms with E-state index in [0.717, 1.165) is 16.9 Å². The molecule has 3 nitrogen and oxygen atoms in total. The third kappa shape index (κ3) is 4.36. The minimum absolute atomic E-state index is 1.01. The standard InChI is InChI=1S/C55H33N3/c1-2-14-38(15-3-1)58-52-29-26-36(32-48(52)45-27-24-34-12-4-5-17-40(34)55(45)58)35-25-28-51-47(31-35)43-20-8-9-23-50(43)57(51)39-16-10-13-37(30-39)54-46-22-11-21-44-41-18-6-7-19-42(41)49(33-56-54)53(44)46/h1-33H. The molecule has 0 saturated heterocycles. The van der Waals surface area contributed by atoms with Crippen LogP contribution in [0.4, 0.5) is 0 Å². The Hall–Kier alpha value is -7.75. The quantitative estimate of drug-likeness (QED) is 0.176. The highest BCUT2D eigenvalue weighted by atomic mass is 15.0. The van der Waals surface area contributed by atoms with Crippen LogP contribution in [0.5, 0.6) is 0 Å². The predicted molar refractivity (Wildman–Crippen MR) is 243 cm³/mol. The van der Waals surface area contributed by atoms with Gasteiger partial charge in [-0.15, -0.1) is 0 Å². The summed E-state index contributed by atoms with van der Waals surface area (Å²) in [4.78, 5) is 5.14. The van der Waals surface area contributed by atoms with Crippen molar-refractivity contribution in [2.75, 3.05) is 0 Å². The molecule has 3 aromatic heterocycles. The summed E-state index contributed by atoms with van der Waals surface area (Å²) in [5.74, 6) is 0. The topological polar surface area (TPSA) is 22.8 Å². The van der Waals surface area contributed by atoms with Crippen molar-refractivity contribution in [3.05, 3.63) is 200 Å². The summed E-state index contributed by atoms with van der Waals surface area (Å²) in [5, 5.41) is 9.96. The maximum Gasteiger partial charge on any atom is 0.0781 e. The number of nitrogens with zero attached hydrogens (tertiary/aromatic N) is 3. The molecule has 9 aromatic carbocycles. The lowest BCUT2D eigenvalue weighted by Gasteiger charge is -2.12. The highest BCUT2D eigenvalue weighted by Crippen LogP contribution is 2.49. The van der Waals surface area contributed by atoms with Gasteiger partial charge in [0.15, 0.2) is 0 Å². The zero-order valence-electron chi connectivity index (χ0n) is 31.4. The third-order valence-electron chi connectivity index (χ3n) is 12.5. The fourth-order valence-corrected chi connectivity index (χ4v) is 9.94. The number of benzene rings is 9. The van der Waals surface area contributed by atoms with Crippen LogP contribution >= 0.6 is 0 Å². The molecule has 0 spiro atoms. The number of fused-ring (bicyclic) bond motifs is 11. The maximum absolute atomic E-state index is 5.14. The molecular weight excluding hydrogens is 703 g/mol. The monoisotopic (exact) mass is 735 g/mol. The smallest absolute Gasteiger partial charge is 0.0781 e. The molecular formula is C55H33N3. The fourth-order valence-electron chi connectivity index (χ4n) is 9.94. The molecule has 0 amide bonds. The van der Waals surface area contributed by atoms with E-state index in [0.29, 0.717) is 0 Å². The van der Waals surface area contributed by atoms with Gasteiger partial charge in [-0.25, -0.2) is 0 Å². The Morgan fingerprint density at radius 1 is 0.328 bits per heavy atom. The molecule has 12 aromatic rings. The molecule has 268 valence electrons. The van der Waals surface area contributed by atoms with Gasteiger partial charge in [0.2, 0.25) is 0 Å². The molecule has 58 heavy (non-hydrogen) atoms. The van der Waals surface area contributed by atoms with E-state index >= 15 is 0 Å². The lowest BCUT2D eigenvalue weighted by molar-refractivity contribution is 1.18. The highest BCUT2D eigenvalue weighted by Gasteiger charge is 2.24. The minimum Gasteiger partial charge on any atom is -0.309 e. The van der Waals surface area contributed by atoms with Gasteiger partial charge < -0.3 is 9.13 Å². The van der Waals surface area contributed by atoms with E-state index in [9.17, 15) is 0 Å². The van der Waals surface area contributed by atoms with Gasteiger partial charge in [-0.05, 0) is 87.8 Å². The molecule has 0 saturated carbocycles. The summed E-state index contributed by atoms with van der Waals surface area (Å²) in [6.45, 7) is 0. The van der Waals surface area contributed by atoms with Gasteiger partial charge >= 0.3 is 0 Å². The molecule has 0 atom stereocenters. The Balaban J connectivity index is 0.971. The van der Waals surface area contributed by atoms with Crippen LogP contribution in [0.15, 0.2) is 200 Å². The molecule has 1 aliphatic rings. The first-order valence-corrected chi connectivity index (χ1v) is 20.0. The van der Waals surface area contributed by atoms with Crippen molar-refractivity contribution in [1.29, 1.82) is 0 Å².